The summed E-state index contributed by atoms with van der Waals surface area (Å²) in [4.78, 5) is 1.41. The second-order valence-electron chi connectivity index (χ2n) is 4.65. The van der Waals surface area contributed by atoms with Crippen LogP contribution in [0, 0.1) is 0 Å². The second kappa shape index (κ2) is 5.12. The normalized spacial score (nSPS) is 19.3. The van der Waals surface area contributed by atoms with Gasteiger partial charge in [0.05, 0.1) is 0 Å². The first-order valence-corrected chi connectivity index (χ1v) is 7.19. The van der Waals surface area contributed by atoms with E-state index in [9.17, 15) is 0 Å². The summed E-state index contributed by atoms with van der Waals surface area (Å²) in [6.07, 6.45) is 2.29. The fraction of sp³-hybridized carbons (Fsp3) is 0.333. The molecule has 0 aliphatic carbocycles. The minimum atomic E-state index is 0.245. The Morgan fingerprint density at radius 2 is 2.22 bits per heavy atom. The first-order chi connectivity index (χ1) is 8.86. The summed E-state index contributed by atoms with van der Waals surface area (Å²) in [6, 6.07) is 13.0. The number of para-hydroxylation sites is 1. The Hall–Kier alpha value is -1.32. The number of thiophene rings is 1. The number of benzene rings is 1. The zero-order valence-corrected chi connectivity index (χ0v) is 11.2. The third-order valence-electron chi connectivity index (χ3n) is 3.49. The minimum absolute atomic E-state index is 0.245. The molecule has 0 saturated heterocycles. The van der Waals surface area contributed by atoms with Gasteiger partial charge in [-0.15, -0.1) is 11.3 Å². The van der Waals surface area contributed by atoms with E-state index in [0.717, 1.165) is 18.6 Å². The van der Waals surface area contributed by atoms with Crippen LogP contribution in [0.5, 0.6) is 5.75 Å². The molecule has 1 N–H and O–H groups in total. The van der Waals surface area contributed by atoms with Gasteiger partial charge in [-0.25, -0.2) is 0 Å². The second-order valence-corrected chi connectivity index (χ2v) is 5.68. The van der Waals surface area contributed by atoms with Crippen LogP contribution in [-0.4, -0.2) is 19.2 Å². The highest BCUT2D eigenvalue weighted by Gasteiger charge is 2.29. The van der Waals surface area contributed by atoms with Gasteiger partial charge in [-0.05, 0) is 30.1 Å². The largest absolute Gasteiger partial charge is 0.488 e. The fourth-order valence-electron chi connectivity index (χ4n) is 2.50. The molecule has 3 rings (SSSR count). The van der Waals surface area contributed by atoms with Gasteiger partial charge in [-0.3, -0.25) is 0 Å². The molecule has 18 heavy (non-hydrogen) atoms. The lowest BCUT2D eigenvalue weighted by atomic mass is 10.0. The van der Waals surface area contributed by atoms with E-state index in [2.05, 4.69) is 41.0 Å². The van der Waals surface area contributed by atoms with E-state index in [1.165, 1.54) is 10.4 Å². The van der Waals surface area contributed by atoms with Crippen molar-refractivity contribution >= 4 is 11.3 Å². The summed E-state index contributed by atoms with van der Waals surface area (Å²) in [5.74, 6) is 1.05. The number of likely N-dealkylation sites (N-methyl/N-ethyl adjacent to an activating group) is 1. The van der Waals surface area contributed by atoms with Crippen LogP contribution < -0.4 is 10.1 Å². The van der Waals surface area contributed by atoms with Crippen molar-refractivity contribution < 1.29 is 4.74 Å². The third-order valence-corrected chi connectivity index (χ3v) is 4.39. The average Bonchev–Trinajstić information content (AvgIpc) is 3.04. The summed E-state index contributed by atoms with van der Waals surface area (Å²) >= 11 is 1.81. The molecule has 2 unspecified atom stereocenters. The third kappa shape index (κ3) is 2.28. The summed E-state index contributed by atoms with van der Waals surface area (Å²) < 4.78 is 6.05. The molecule has 0 saturated carbocycles. The average molecular weight is 259 g/mol. The molecule has 1 aromatic heterocycles. The Balaban J connectivity index is 1.71. The van der Waals surface area contributed by atoms with E-state index < -0.39 is 0 Å². The van der Waals surface area contributed by atoms with E-state index in [1.54, 1.807) is 0 Å². The Labute approximate surface area is 112 Å². The molecule has 94 valence electrons. The van der Waals surface area contributed by atoms with Crippen LogP contribution in [0.15, 0.2) is 41.8 Å². The van der Waals surface area contributed by atoms with Crippen LogP contribution in [0.3, 0.4) is 0 Å². The van der Waals surface area contributed by atoms with E-state index in [0.29, 0.717) is 6.04 Å². The SMILES string of the molecule is CNC(Cc1cccs1)C1Cc2ccccc2O1. The van der Waals surface area contributed by atoms with E-state index in [-0.39, 0.29) is 6.10 Å². The standard InChI is InChI=1S/C15H17NOS/c1-16-13(10-12-6-4-8-18-12)15-9-11-5-2-3-7-14(11)17-15/h2-8,13,15-16H,9-10H2,1H3. The van der Waals surface area contributed by atoms with Gasteiger partial charge in [0.15, 0.2) is 0 Å². The van der Waals surface area contributed by atoms with Crippen molar-refractivity contribution in [2.24, 2.45) is 0 Å². The maximum absolute atomic E-state index is 6.05. The molecule has 1 aliphatic rings. The van der Waals surface area contributed by atoms with Gasteiger partial charge in [0.1, 0.15) is 11.9 Å². The highest BCUT2D eigenvalue weighted by atomic mass is 32.1. The molecule has 0 radical (unpaired) electrons. The number of ether oxygens (including phenoxy) is 1. The fourth-order valence-corrected chi connectivity index (χ4v) is 3.26. The molecular formula is C15H17NOS. The lowest BCUT2D eigenvalue weighted by Crippen LogP contribution is -2.41. The highest BCUT2D eigenvalue weighted by molar-refractivity contribution is 7.09. The van der Waals surface area contributed by atoms with Gasteiger partial charge in [-0.1, -0.05) is 24.3 Å². The molecule has 2 heterocycles. The van der Waals surface area contributed by atoms with Gasteiger partial charge >= 0.3 is 0 Å². The summed E-state index contributed by atoms with van der Waals surface area (Å²) in [5, 5.41) is 5.53. The van der Waals surface area contributed by atoms with Crippen molar-refractivity contribution in [3.63, 3.8) is 0 Å². The topological polar surface area (TPSA) is 21.3 Å². The highest BCUT2D eigenvalue weighted by Crippen LogP contribution is 2.30. The van der Waals surface area contributed by atoms with Crippen molar-refractivity contribution in [2.45, 2.75) is 25.0 Å². The summed E-state index contributed by atoms with van der Waals surface area (Å²) in [6.45, 7) is 0. The van der Waals surface area contributed by atoms with Gasteiger partial charge in [0, 0.05) is 23.8 Å². The lowest BCUT2D eigenvalue weighted by molar-refractivity contribution is 0.182. The van der Waals surface area contributed by atoms with Crippen molar-refractivity contribution in [2.75, 3.05) is 7.05 Å². The smallest absolute Gasteiger partial charge is 0.123 e. The van der Waals surface area contributed by atoms with Crippen LogP contribution >= 0.6 is 11.3 Å². The van der Waals surface area contributed by atoms with Gasteiger partial charge in [0.25, 0.3) is 0 Å². The monoisotopic (exact) mass is 259 g/mol. The number of hydrogen-bond acceptors (Lipinski definition) is 3. The molecule has 0 amide bonds. The first-order valence-electron chi connectivity index (χ1n) is 6.31. The molecular weight excluding hydrogens is 242 g/mol. The molecule has 3 heteroatoms. The molecule has 2 atom stereocenters. The van der Waals surface area contributed by atoms with Gasteiger partial charge in [0.2, 0.25) is 0 Å². The molecule has 1 aliphatic heterocycles. The molecule has 1 aromatic carbocycles. The molecule has 0 spiro atoms. The summed E-state index contributed by atoms with van der Waals surface area (Å²) in [7, 11) is 2.02. The predicted octanol–water partition coefficient (Wildman–Crippen LogP) is 2.88. The van der Waals surface area contributed by atoms with Crippen LogP contribution in [0.4, 0.5) is 0 Å². The molecule has 2 nitrogen and oxygen atoms in total. The van der Waals surface area contributed by atoms with Crippen LogP contribution in [-0.2, 0) is 12.8 Å². The Bertz CT molecular complexity index is 481. The van der Waals surface area contributed by atoms with Gasteiger partial charge < -0.3 is 10.1 Å². The molecule has 0 bridgehead atoms. The maximum atomic E-state index is 6.05. The predicted molar refractivity (Wildman–Crippen MR) is 75.4 cm³/mol. The Kier molecular flexibility index (Phi) is 3.35. The lowest BCUT2D eigenvalue weighted by Gasteiger charge is -2.22. The molecule has 2 aromatic rings. The quantitative estimate of drug-likeness (QED) is 0.911. The van der Waals surface area contributed by atoms with Crippen molar-refractivity contribution in [1.82, 2.24) is 5.32 Å². The first kappa shape index (κ1) is 11.8. The zero-order valence-electron chi connectivity index (χ0n) is 10.4. The van der Waals surface area contributed by atoms with Crippen molar-refractivity contribution in [3.05, 3.63) is 52.2 Å². The van der Waals surface area contributed by atoms with E-state index in [1.807, 2.05) is 24.5 Å². The van der Waals surface area contributed by atoms with Crippen molar-refractivity contribution in [1.29, 1.82) is 0 Å². The Morgan fingerprint density at radius 1 is 1.33 bits per heavy atom. The number of nitrogens with one attached hydrogen (secondary N) is 1. The number of fused-ring (bicyclic) bond motifs is 1. The Morgan fingerprint density at radius 3 is 2.94 bits per heavy atom. The summed E-state index contributed by atoms with van der Waals surface area (Å²) in [5.41, 5.74) is 1.33. The van der Waals surface area contributed by atoms with Crippen LogP contribution in [0.25, 0.3) is 0 Å². The van der Waals surface area contributed by atoms with Crippen molar-refractivity contribution in [3.8, 4) is 5.75 Å². The zero-order chi connectivity index (χ0) is 12.4. The molecule has 0 fully saturated rings. The van der Waals surface area contributed by atoms with Crippen LogP contribution in [0.2, 0.25) is 0 Å². The van der Waals surface area contributed by atoms with E-state index in [4.69, 9.17) is 4.74 Å². The maximum Gasteiger partial charge on any atom is 0.123 e. The van der Waals surface area contributed by atoms with Crippen LogP contribution in [0.1, 0.15) is 10.4 Å². The van der Waals surface area contributed by atoms with Gasteiger partial charge in [-0.2, -0.15) is 0 Å². The minimum Gasteiger partial charge on any atom is -0.488 e. The number of rotatable bonds is 4. The van der Waals surface area contributed by atoms with E-state index >= 15 is 0 Å². The number of hydrogen-bond donors (Lipinski definition) is 1.